The summed E-state index contributed by atoms with van der Waals surface area (Å²) >= 11 is 0. The Morgan fingerprint density at radius 2 is 2.04 bits per heavy atom. The molecule has 0 bridgehead atoms. The van der Waals surface area contributed by atoms with Gasteiger partial charge >= 0.3 is 0 Å². The van der Waals surface area contributed by atoms with Gasteiger partial charge in [-0.25, -0.2) is 0 Å². The molecule has 1 atom stereocenters. The molecule has 0 aliphatic carbocycles. The van der Waals surface area contributed by atoms with Crippen LogP contribution in [0.25, 0.3) is 0 Å². The van der Waals surface area contributed by atoms with E-state index < -0.39 is 0 Å². The summed E-state index contributed by atoms with van der Waals surface area (Å²) in [5.41, 5.74) is 6.90. The number of aryl methyl sites for hydroxylation is 1. The molecule has 1 fully saturated rings. The molecule has 0 radical (unpaired) electrons. The van der Waals surface area contributed by atoms with Crippen molar-refractivity contribution in [1.82, 2.24) is 14.7 Å². The molecule has 2 rings (SSSR count). The first-order chi connectivity index (χ1) is 10.1. The van der Waals surface area contributed by atoms with Gasteiger partial charge in [-0.15, -0.1) is 24.8 Å². The predicted molar refractivity (Wildman–Crippen MR) is 103 cm³/mol. The maximum Gasteiger partial charge on any atom is 0.239 e. The van der Waals surface area contributed by atoms with Crippen LogP contribution in [-0.4, -0.2) is 46.8 Å². The second-order valence-corrected chi connectivity index (χ2v) is 7.81. The van der Waals surface area contributed by atoms with E-state index in [-0.39, 0.29) is 41.6 Å². The van der Waals surface area contributed by atoms with Crippen molar-refractivity contribution >= 4 is 36.5 Å². The monoisotopic (exact) mass is 379 g/mol. The third-order valence-electron chi connectivity index (χ3n) is 4.41. The Balaban J connectivity index is 0.00000264. The van der Waals surface area contributed by atoms with Gasteiger partial charge < -0.3 is 11.1 Å². The minimum absolute atomic E-state index is 0. The lowest BCUT2D eigenvalue weighted by molar-refractivity contribution is -0.117. The molecular formula is C16H31Cl2N5O. The number of nitrogens with one attached hydrogen (secondary N) is 1. The van der Waals surface area contributed by atoms with Gasteiger partial charge in [0, 0.05) is 25.1 Å². The number of hydrogen-bond acceptors (Lipinski definition) is 4. The number of anilines is 1. The fourth-order valence-corrected chi connectivity index (χ4v) is 2.76. The van der Waals surface area contributed by atoms with Crippen LogP contribution >= 0.6 is 24.8 Å². The Bertz CT molecular complexity index is 555. The van der Waals surface area contributed by atoms with E-state index in [2.05, 4.69) is 43.0 Å². The highest BCUT2D eigenvalue weighted by Crippen LogP contribution is 2.28. The SMILES string of the molecule is Cl.Cl.Cn1nc(C(C)(C)C)cc1NC(=O)CN1CCC(C)(CN)C1. The number of likely N-dealkylation sites (tertiary alicyclic amines) is 1. The molecule has 2 heterocycles. The van der Waals surface area contributed by atoms with E-state index in [9.17, 15) is 4.79 Å². The van der Waals surface area contributed by atoms with Crippen LogP contribution in [0.1, 0.15) is 39.8 Å². The number of aromatic nitrogens is 2. The Labute approximate surface area is 157 Å². The van der Waals surface area contributed by atoms with Crippen molar-refractivity contribution in [2.45, 2.75) is 39.5 Å². The molecule has 1 saturated heterocycles. The van der Waals surface area contributed by atoms with Crippen molar-refractivity contribution < 1.29 is 4.79 Å². The first-order valence-electron chi connectivity index (χ1n) is 7.90. The largest absolute Gasteiger partial charge is 0.330 e. The fourth-order valence-electron chi connectivity index (χ4n) is 2.76. The number of amides is 1. The molecule has 0 spiro atoms. The average Bonchev–Trinajstić information content (AvgIpc) is 2.94. The van der Waals surface area contributed by atoms with Crippen LogP contribution in [0.3, 0.4) is 0 Å². The molecule has 1 amide bonds. The molecule has 1 aliphatic heterocycles. The maximum atomic E-state index is 12.3. The number of carbonyl (C=O) groups is 1. The van der Waals surface area contributed by atoms with Gasteiger partial charge in [0.25, 0.3) is 0 Å². The normalized spacial score (nSPS) is 21.1. The molecule has 1 aliphatic rings. The van der Waals surface area contributed by atoms with Gasteiger partial charge in [-0.3, -0.25) is 14.4 Å². The van der Waals surface area contributed by atoms with Crippen LogP contribution < -0.4 is 11.1 Å². The van der Waals surface area contributed by atoms with Crippen molar-refractivity contribution in [1.29, 1.82) is 0 Å². The molecule has 1 unspecified atom stereocenters. The smallest absolute Gasteiger partial charge is 0.239 e. The standard InChI is InChI=1S/C16H29N5O.2ClH/c1-15(2,3)12-8-13(20(5)19-12)18-14(22)9-21-7-6-16(4,10-17)11-21;;/h8H,6-7,9-11,17H2,1-5H3,(H,18,22);2*1H. The maximum absolute atomic E-state index is 12.3. The number of halogens is 2. The van der Waals surface area contributed by atoms with Crippen molar-refractivity contribution in [3.05, 3.63) is 11.8 Å². The van der Waals surface area contributed by atoms with Gasteiger partial charge in [0.15, 0.2) is 0 Å². The fraction of sp³-hybridized carbons (Fsp3) is 0.750. The first kappa shape index (κ1) is 23.2. The lowest BCUT2D eigenvalue weighted by atomic mass is 9.90. The topological polar surface area (TPSA) is 76.2 Å². The van der Waals surface area contributed by atoms with Gasteiger partial charge in [-0.1, -0.05) is 27.7 Å². The summed E-state index contributed by atoms with van der Waals surface area (Å²) in [6.07, 6.45) is 1.05. The quantitative estimate of drug-likeness (QED) is 0.840. The van der Waals surface area contributed by atoms with Crippen molar-refractivity contribution in [3.8, 4) is 0 Å². The highest BCUT2D eigenvalue weighted by Gasteiger charge is 2.33. The van der Waals surface area contributed by atoms with Crippen LogP contribution in [0.4, 0.5) is 5.82 Å². The van der Waals surface area contributed by atoms with Gasteiger partial charge in [0.2, 0.25) is 5.91 Å². The number of rotatable bonds is 4. The van der Waals surface area contributed by atoms with Crippen LogP contribution in [0.15, 0.2) is 6.07 Å². The molecular weight excluding hydrogens is 349 g/mol. The van der Waals surface area contributed by atoms with Crippen LogP contribution in [0, 0.1) is 5.41 Å². The summed E-state index contributed by atoms with van der Waals surface area (Å²) in [5, 5.41) is 7.44. The van der Waals surface area contributed by atoms with E-state index in [1.165, 1.54) is 0 Å². The molecule has 24 heavy (non-hydrogen) atoms. The average molecular weight is 380 g/mol. The van der Waals surface area contributed by atoms with E-state index in [4.69, 9.17) is 5.73 Å². The minimum Gasteiger partial charge on any atom is -0.330 e. The van der Waals surface area contributed by atoms with Crippen LogP contribution in [-0.2, 0) is 17.3 Å². The summed E-state index contributed by atoms with van der Waals surface area (Å²) in [6, 6.07) is 1.95. The predicted octanol–water partition coefficient (Wildman–Crippen LogP) is 2.17. The Morgan fingerprint density at radius 1 is 1.42 bits per heavy atom. The van der Waals surface area contributed by atoms with Gasteiger partial charge in [-0.05, 0) is 24.9 Å². The van der Waals surface area contributed by atoms with E-state index in [1.54, 1.807) is 4.68 Å². The zero-order valence-electron chi connectivity index (χ0n) is 15.3. The number of hydrogen-bond donors (Lipinski definition) is 2. The third-order valence-corrected chi connectivity index (χ3v) is 4.41. The van der Waals surface area contributed by atoms with E-state index in [0.29, 0.717) is 13.1 Å². The lowest BCUT2D eigenvalue weighted by Crippen LogP contribution is -2.35. The highest BCUT2D eigenvalue weighted by molar-refractivity contribution is 5.91. The second-order valence-electron chi connectivity index (χ2n) is 7.81. The zero-order valence-corrected chi connectivity index (χ0v) is 16.9. The summed E-state index contributed by atoms with van der Waals surface area (Å²) in [5.74, 6) is 0.750. The van der Waals surface area contributed by atoms with Gasteiger partial charge in [0.1, 0.15) is 5.82 Å². The molecule has 6 nitrogen and oxygen atoms in total. The summed E-state index contributed by atoms with van der Waals surface area (Å²) < 4.78 is 1.73. The van der Waals surface area contributed by atoms with Crippen LogP contribution in [0.2, 0.25) is 0 Å². The van der Waals surface area contributed by atoms with Gasteiger partial charge in [0.05, 0.1) is 12.2 Å². The molecule has 140 valence electrons. The Morgan fingerprint density at radius 3 is 2.50 bits per heavy atom. The van der Waals surface area contributed by atoms with Crippen molar-refractivity contribution in [2.24, 2.45) is 18.2 Å². The highest BCUT2D eigenvalue weighted by atomic mass is 35.5. The second kappa shape index (κ2) is 8.52. The number of nitrogens with zero attached hydrogens (tertiary/aromatic N) is 3. The lowest BCUT2D eigenvalue weighted by Gasteiger charge is -2.22. The zero-order chi connectivity index (χ0) is 16.5. The summed E-state index contributed by atoms with van der Waals surface area (Å²) in [4.78, 5) is 14.4. The summed E-state index contributed by atoms with van der Waals surface area (Å²) in [7, 11) is 1.85. The molecule has 8 heteroatoms. The van der Waals surface area contributed by atoms with E-state index in [1.807, 2.05) is 13.1 Å². The minimum atomic E-state index is -0.0291. The Hall–Kier alpha value is -0.820. The summed E-state index contributed by atoms with van der Waals surface area (Å²) in [6.45, 7) is 11.4. The van der Waals surface area contributed by atoms with Gasteiger partial charge in [-0.2, -0.15) is 5.10 Å². The van der Waals surface area contributed by atoms with E-state index in [0.717, 1.165) is 31.0 Å². The molecule has 1 aromatic heterocycles. The Kier molecular flexibility index (Phi) is 8.23. The molecule has 0 aromatic carbocycles. The molecule has 1 aromatic rings. The molecule has 3 N–H and O–H groups in total. The number of nitrogens with two attached hydrogens (primary N) is 1. The van der Waals surface area contributed by atoms with E-state index >= 15 is 0 Å². The van der Waals surface area contributed by atoms with Crippen molar-refractivity contribution in [2.75, 3.05) is 31.5 Å². The van der Waals surface area contributed by atoms with Crippen molar-refractivity contribution in [3.63, 3.8) is 0 Å². The molecule has 0 saturated carbocycles. The number of carbonyl (C=O) groups excluding carboxylic acids is 1. The first-order valence-corrected chi connectivity index (χ1v) is 7.90. The van der Waals surface area contributed by atoms with Crippen LogP contribution in [0.5, 0.6) is 0 Å². The third kappa shape index (κ3) is 5.62.